The van der Waals surface area contributed by atoms with Gasteiger partial charge in [-0.1, -0.05) is 0 Å². The van der Waals surface area contributed by atoms with Gasteiger partial charge in [0.1, 0.15) is 11.9 Å². The summed E-state index contributed by atoms with van der Waals surface area (Å²) in [6.07, 6.45) is 3.76. The molecule has 30 heavy (non-hydrogen) atoms. The van der Waals surface area contributed by atoms with E-state index in [-0.39, 0.29) is 17.9 Å². The van der Waals surface area contributed by atoms with Crippen LogP contribution in [-0.4, -0.2) is 79.3 Å². The van der Waals surface area contributed by atoms with Gasteiger partial charge in [0.05, 0.1) is 50.2 Å². The van der Waals surface area contributed by atoms with Crippen LogP contribution in [0.1, 0.15) is 11.9 Å². The van der Waals surface area contributed by atoms with Gasteiger partial charge >= 0.3 is 0 Å². The van der Waals surface area contributed by atoms with E-state index in [4.69, 9.17) is 19.2 Å². The molecule has 0 aliphatic carbocycles. The van der Waals surface area contributed by atoms with E-state index >= 15 is 0 Å². The summed E-state index contributed by atoms with van der Waals surface area (Å²) in [6.45, 7) is 3.75. The third-order valence-electron chi connectivity index (χ3n) is 5.69. The van der Waals surface area contributed by atoms with Crippen LogP contribution in [0.4, 0.5) is 0 Å². The molecule has 3 aliphatic heterocycles. The molecule has 1 aromatic heterocycles. The molecule has 1 saturated heterocycles. The number of ether oxygens (including phenoxy) is 3. The minimum absolute atomic E-state index is 0.0544. The number of aliphatic imine (C=N–C) groups is 1. The molecule has 2 N–H and O–H groups in total. The largest absolute Gasteiger partial charge is 0.493 e. The number of benzene rings is 1. The van der Waals surface area contributed by atoms with E-state index in [0.717, 1.165) is 18.8 Å². The summed E-state index contributed by atoms with van der Waals surface area (Å²) >= 11 is 0. The summed E-state index contributed by atoms with van der Waals surface area (Å²) in [4.78, 5) is 29.6. The van der Waals surface area contributed by atoms with Crippen molar-refractivity contribution in [3.05, 3.63) is 40.2 Å². The number of aromatic nitrogens is 2. The Balaban J connectivity index is 1.45. The Labute approximate surface area is 173 Å². The summed E-state index contributed by atoms with van der Waals surface area (Å²) in [6, 6.07) is 3.20. The van der Waals surface area contributed by atoms with E-state index in [9.17, 15) is 4.79 Å². The van der Waals surface area contributed by atoms with Crippen molar-refractivity contribution in [2.45, 2.75) is 12.3 Å². The molecule has 10 nitrogen and oxygen atoms in total. The van der Waals surface area contributed by atoms with E-state index < -0.39 is 0 Å². The van der Waals surface area contributed by atoms with Crippen LogP contribution in [0.25, 0.3) is 10.9 Å². The molecule has 2 atom stereocenters. The molecule has 1 aromatic carbocycles. The highest BCUT2D eigenvalue weighted by molar-refractivity contribution is 5.82. The predicted molar refractivity (Wildman–Crippen MR) is 111 cm³/mol. The van der Waals surface area contributed by atoms with Gasteiger partial charge in [0.25, 0.3) is 5.56 Å². The van der Waals surface area contributed by atoms with E-state index in [1.54, 1.807) is 26.4 Å². The van der Waals surface area contributed by atoms with Gasteiger partial charge in [-0.2, -0.15) is 0 Å². The van der Waals surface area contributed by atoms with Crippen LogP contribution < -0.4 is 20.3 Å². The number of hydrogen-bond acceptors (Lipinski definition) is 9. The van der Waals surface area contributed by atoms with Gasteiger partial charge < -0.3 is 29.4 Å². The number of methoxy groups -OCH3 is 2. The molecule has 2 aromatic rings. The van der Waals surface area contributed by atoms with Crippen molar-refractivity contribution in [3.63, 3.8) is 0 Å². The third kappa shape index (κ3) is 3.17. The van der Waals surface area contributed by atoms with Gasteiger partial charge in [0.2, 0.25) is 0 Å². The number of hydrogen-bond donors (Lipinski definition) is 2. The number of morpholine rings is 1. The Hall–Kier alpha value is -3.11. The quantitative estimate of drug-likeness (QED) is 0.745. The Morgan fingerprint density at radius 2 is 1.93 bits per heavy atom. The maximum atomic E-state index is 12.8. The molecule has 3 aliphatic rings. The SMILES string of the molecule is COc1cc2nc(C3CN4C(=CN3)C=NC4N3CCOCC3)[nH]c(=O)c2cc1OC. The third-order valence-corrected chi connectivity index (χ3v) is 5.69. The normalized spacial score (nSPS) is 23.8. The van der Waals surface area contributed by atoms with Crippen molar-refractivity contribution < 1.29 is 14.2 Å². The molecule has 0 bridgehead atoms. The molecule has 4 heterocycles. The lowest BCUT2D eigenvalue weighted by atomic mass is 10.1. The minimum Gasteiger partial charge on any atom is -0.493 e. The monoisotopic (exact) mass is 412 g/mol. The fourth-order valence-electron chi connectivity index (χ4n) is 4.10. The van der Waals surface area contributed by atoms with Crippen LogP contribution in [0, 0.1) is 0 Å². The number of allylic oxidation sites excluding steroid dienone is 1. The Kier molecular flexibility index (Phi) is 4.80. The van der Waals surface area contributed by atoms with Crippen molar-refractivity contribution in [1.29, 1.82) is 0 Å². The smallest absolute Gasteiger partial charge is 0.258 e. The zero-order valence-electron chi connectivity index (χ0n) is 16.9. The minimum atomic E-state index is -0.213. The topological polar surface area (TPSA) is 104 Å². The average molecular weight is 412 g/mol. The van der Waals surface area contributed by atoms with Crippen molar-refractivity contribution in [3.8, 4) is 11.5 Å². The summed E-state index contributed by atoms with van der Waals surface area (Å²) in [5.41, 5.74) is 1.37. The molecule has 10 heteroatoms. The molecule has 0 spiro atoms. The van der Waals surface area contributed by atoms with Gasteiger partial charge in [-0.15, -0.1) is 0 Å². The zero-order valence-corrected chi connectivity index (χ0v) is 16.9. The van der Waals surface area contributed by atoms with Crippen molar-refractivity contribution in [2.75, 3.05) is 47.1 Å². The van der Waals surface area contributed by atoms with Crippen LogP contribution >= 0.6 is 0 Å². The molecule has 158 valence electrons. The molecule has 0 radical (unpaired) electrons. The average Bonchev–Trinajstić information content (AvgIpc) is 3.22. The first-order chi connectivity index (χ1) is 14.7. The zero-order chi connectivity index (χ0) is 20.7. The van der Waals surface area contributed by atoms with E-state index in [1.807, 2.05) is 12.4 Å². The van der Waals surface area contributed by atoms with E-state index in [0.29, 0.717) is 48.0 Å². The molecule has 2 unspecified atom stereocenters. The lowest BCUT2D eigenvalue weighted by molar-refractivity contribution is -0.0181. The Bertz CT molecular complexity index is 1070. The van der Waals surface area contributed by atoms with Gasteiger partial charge in [0.15, 0.2) is 17.8 Å². The number of fused-ring (bicyclic) bond motifs is 2. The van der Waals surface area contributed by atoms with Crippen molar-refractivity contribution >= 4 is 17.1 Å². The second-order valence-corrected chi connectivity index (χ2v) is 7.39. The highest BCUT2D eigenvalue weighted by Crippen LogP contribution is 2.31. The Morgan fingerprint density at radius 3 is 2.70 bits per heavy atom. The number of aromatic amines is 1. The number of nitrogens with zero attached hydrogens (tertiary/aromatic N) is 4. The van der Waals surface area contributed by atoms with Crippen molar-refractivity contribution in [2.24, 2.45) is 4.99 Å². The number of H-pyrrole nitrogens is 1. The predicted octanol–water partition coefficient (Wildman–Crippen LogP) is 0.428. The standard InChI is InChI=1S/C20H24N6O4/c1-28-16-7-13-14(8-17(16)29-2)23-18(24-19(13)27)15-11-26-12(9-21-15)10-22-20(26)25-3-5-30-6-4-25/h7-10,15,20-21H,3-6,11H2,1-2H3,(H,23,24,27). The Morgan fingerprint density at radius 1 is 1.17 bits per heavy atom. The maximum Gasteiger partial charge on any atom is 0.258 e. The summed E-state index contributed by atoms with van der Waals surface area (Å²) < 4.78 is 16.1. The summed E-state index contributed by atoms with van der Waals surface area (Å²) in [5, 5.41) is 3.80. The van der Waals surface area contributed by atoms with E-state index in [2.05, 4.69) is 25.1 Å². The fourth-order valence-corrected chi connectivity index (χ4v) is 4.10. The first kappa shape index (κ1) is 18.9. The molecular weight excluding hydrogens is 388 g/mol. The van der Waals surface area contributed by atoms with E-state index in [1.165, 1.54) is 0 Å². The second-order valence-electron chi connectivity index (χ2n) is 7.39. The summed E-state index contributed by atoms with van der Waals surface area (Å²) in [5.74, 6) is 1.60. The number of rotatable bonds is 4. The van der Waals surface area contributed by atoms with Crippen molar-refractivity contribution in [1.82, 2.24) is 25.1 Å². The highest BCUT2D eigenvalue weighted by Gasteiger charge is 2.35. The molecule has 0 saturated carbocycles. The lowest BCUT2D eigenvalue weighted by Gasteiger charge is -2.40. The maximum absolute atomic E-state index is 12.8. The van der Waals surface area contributed by atoms with Crippen LogP contribution in [0.3, 0.4) is 0 Å². The fraction of sp³-hybridized carbons (Fsp3) is 0.450. The van der Waals surface area contributed by atoms with Crippen LogP contribution in [0.5, 0.6) is 11.5 Å². The molecule has 0 amide bonds. The van der Waals surface area contributed by atoms with Crippen LogP contribution in [0.2, 0.25) is 0 Å². The first-order valence-electron chi connectivity index (χ1n) is 9.91. The molecule has 1 fully saturated rings. The van der Waals surface area contributed by atoms with Gasteiger partial charge in [-0.3, -0.25) is 14.7 Å². The van der Waals surface area contributed by atoms with Gasteiger partial charge in [0, 0.05) is 31.9 Å². The van der Waals surface area contributed by atoms with Gasteiger partial charge in [-0.25, -0.2) is 4.98 Å². The number of nitrogens with one attached hydrogen (secondary N) is 2. The van der Waals surface area contributed by atoms with Gasteiger partial charge in [-0.05, 0) is 6.07 Å². The summed E-state index contributed by atoms with van der Waals surface area (Å²) in [7, 11) is 3.10. The first-order valence-corrected chi connectivity index (χ1v) is 9.91. The highest BCUT2D eigenvalue weighted by atomic mass is 16.5. The lowest BCUT2D eigenvalue weighted by Crippen LogP contribution is -2.52. The molecular formula is C20H24N6O4. The van der Waals surface area contributed by atoms with Crippen LogP contribution in [0.15, 0.2) is 33.8 Å². The second kappa shape index (κ2) is 7.62. The molecule has 5 rings (SSSR count). The van der Waals surface area contributed by atoms with Crippen LogP contribution in [-0.2, 0) is 4.74 Å².